The van der Waals surface area contributed by atoms with E-state index in [0.717, 1.165) is 16.0 Å². The monoisotopic (exact) mass is 439 g/mol. The van der Waals surface area contributed by atoms with Crippen LogP contribution in [-0.2, 0) is 14.8 Å². The number of hydrogen-bond acceptors (Lipinski definition) is 5. The maximum atomic E-state index is 13.4. The quantitative estimate of drug-likeness (QED) is 0.633. The number of carbonyl (C=O) groups is 1. The first kappa shape index (κ1) is 20.3. The molecule has 0 spiro atoms. The molecule has 1 aliphatic heterocycles. The zero-order valence-electron chi connectivity index (χ0n) is 16.6. The van der Waals surface area contributed by atoms with E-state index >= 15 is 0 Å². The van der Waals surface area contributed by atoms with Gasteiger partial charge in [-0.25, -0.2) is 0 Å². The number of sulfonamides is 1. The third-order valence-corrected chi connectivity index (χ3v) is 7.52. The molecular formula is C22H21N3O3S2. The van der Waals surface area contributed by atoms with Crippen LogP contribution >= 0.6 is 11.3 Å². The Balaban J connectivity index is 1.71. The van der Waals surface area contributed by atoms with Gasteiger partial charge in [-0.15, -0.1) is 11.3 Å². The van der Waals surface area contributed by atoms with Crippen LogP contribution in [0.3, 0.4) is 0 Å². The Bertz CT molecular complexity index is 1180. The molecular weight excluding hydrogens is 418 g/mol. The summed E-state index contributed by atoms with van der Waals surface area (Å²) in [6.07, 6.45) is 0.477. The van der Waals surface area contributed by atoms with E-state index in [-0.39, 0.29) is 16.8 Å². The van der Waals surface area contributed by atoms with E-state index in [9.17, 15) is 13.2 Å². The molecule has 0 fully saturated rings. The molecule has 2 heterocycles. The molecule has 0 aliphatic carbocycles. The molecule has 30 heavy (non-hydrogen) atoms. The number of thiophene rings is 1. The third kappa shape index (κ3) is 4.01. The molecule has 1 aromatic heterocycles. The van der Waals surface area contributed by atoms with Gasteiger partial charge in [0.1, 0.15) is 6.04 Å². The van der Waals surface area contributed by atoms with Crippen molar-refractivity contribution in [2.45, 2.75) is 31.2 Å². The molecule has 3 aromatic rings. The van der Waals surface area contributed by atoms with Crippen LogP contribution in [0.5, 0.6) is 0 Å². The maximum Gasteiger partial charge on any atom is 0.279 e. The Kier molecular flexibility index (Phi) is 5.44. The summed E-state index contributed by atoms with van der Waals surface area (Å²) in [5.41, 5.74) is 3.20. The lowest BCUT2D eigenvalue weighted by atomic mass is 10.0. The Labute approximate surface area is 179 Å². The van der Waals surface area contributed by atoms with Gasteiger partial charge >= 0.3 is 0 Å². The van der Waals surface area contributed by atoms with Gasteiger partial charge in [0.2, 0.25) is 5.91 Å². The molecule has 0 unspecified atom stereocenters. The molecule has 1 aliphatic rings. The number of hydrogen-bond donors (Lipinski definition) is 1. The summed E-state index contributed by atoms with van der Waals surface area (Å²) in [6, 6.07) is 17.5. The van der Waals surface area contributed by atoms with Gasteiger partial charge in [0, 0.05) is 23.9 Å². The first-order valence-electron chi connectivity index (χ1n) is 9.44. The molecule has 0 bridgehead atoms. The first-order valence-corrected chi connectivity index (χ1v) is 11.8. The van der Waals surface area contributed by atoms with Crippen molar-refractivity contribution in [3.05, 3.63) is 82.0 Å². The van der Waals surface area contributed by atoms with Gasteiger partial charge in [0.15, 0.2) is 0 Å². The van der Waals surface area contributed by atoms with Crippen molar-refractivity contribution in [3.8, 4) is 0 Å². The topological polar surface area (TPSA) is 78.8 Å². The lowest BCUT2D eigenvalue weighted by Crippen LogP contribution is -2.26. The highest BCUT2D eigenvalue weighted by Gasteiger charge is 2.38. The van der Waals surface area contributed by atoms with Crippen LogP contribution in [0.4, 0.5) is 5.69 Å². The summed E-state index contributed by atoms with van der Waals surface area (Å²) < 4.78 is 28.0. The minimum atomic E-state index is -3.80. The van der Waals surface area contributed by atoms with Crippen molar-refractivity contribution in [3.63, 3.8) is 0 Å². The lowest BCUT2D eigenvalue weighted by Gasteiger charge is -2.22. The standard InChI is InChI=1S/C22H21N3O3S2/c1-15-5-11-19(12-6-15)30(27,28)25-21(22-4-3-13-29-22)14-20(24-25)17-7-9-18(10-8-17)23-16(2)26/h3-13,21H,14H2,1-2H3,(H,23,26)/t21-/m1/s1. The second-order valence-electron chi connectivity index (χ2n) is 7.13. The number of carbonyl (C=O) groups excluding carboxylic acids is 1. The van der Waals surface area contributed by atoms with E-state index in [1.54, 1.807) is 36.4 Å². The number of nitrogens with zero attached hydrogens (tertiary/aromatic N) is 2. The van der Waals surface area contributed by atoms with Crippen molar-refractivity contribution < 1.29 is 13.2 Å². The van der Waals surface area contributed by atoms with E-state index in [4.69, 9.17) is 0 Å². The maximum absolute atomic E-state index is 13.4. The van der Waals surface area contributed by atoms with Gasteiger partial charge in [-0.2, -0.15) is 17.9 Å². The van der Waals surface area contributed by atoms with Crippen molar-refractivity contribution in [1.29, 1.82) is 0 Å². The van der Waals surface area contributed by atoms with Crippen LogP contribution in [0.15, 0.2) is 76.0 Å². The van der Waals surface area contributed by atoms with Gasteiger partial charge in [-0.1, -0.05) is 35.9 Å². The van der Waals surface area contributed by atoms with Gasteiger partial charge < -0.3 is 5.32 Å². The van der Waals surface area contributed by atoms with Crippen molar-refractivity contribution in [2.75, 3.05) is 5.32 Å². The smallest absolute Gasteiger partial charge is 0.279 e. The highest BCUT2D eigenvalue weighted by Crippen LogP contribution is 2.39. The Morgan fingerprint density at radius 2 is 1.80 bits per heavy atom. The molecule has 1 N–H and O–H groups in total. The Morgan fingerprint density at radius 3 is 2.40 bits per heavy atom. The van der Waals surface area contributed by atoms with E-state index in [1.165, 1.54) is 22.7 Å². The van der Waals surface area contributed by atoms with Crippen LogP contribution in [0, 0.1) is 6.92 Å². The molecule has 154 valence electrons. The number of anilines is 1. The molecule has 1 amide bonds. The van der Waals surface area contributed by atoms with E-state index in [1.807, 2.05) is 36.6 Å². The SMILES string of the molecule is CC(=O)Nc1ccc(C2=NN(S(=O)(=O)c3ccc(C)cc3)[C@@H](c3cccs3)C2)cc1. The molecule has 6 nitrogen and oxygen atoms in total. The number of benzene rings is 2. The van der Waals surface area contributed by atoms with Crippen molar-refractivity contribution in [2.24, 2.45) is 5.10 Å². The molecule has 8 heteroatoms. The molecule has 1 atom stereocenters. The van der Waals surface area contributed by atoms with Gasteiger partial charge in [-0.3, -0.25) is 4.79 Å². The van der Waals surface area contributed by atoms with Crippen LogP contribution in [-0.4, -0.2) is 24.5 Å². The van der Waals surface area contributed by atoms with Crippen LogP contribution < -0.4 is 5.32 Å². The third-order valence-electron chi connectivity index (χ3n) is 4.85. The summed E-state index contributed by atoms with van der Waals surface area (Å²) in [7, 11) is -3.80. The van der Waals surface area contributed by atoms with E-state index < -0.39 is 10.0 Å². The molecule has 0 saturated carbocycles. The largest absolute Gasteiger partial charge is 0.326 e. The van der Waals surface area contributed by atoms with Gasteiger partial charge in [0.25, 0.3) is 10.0 Å². The lowest BCUT2D eigenvalue weighted by molar-refractivity contribution is -0.114. The first-order chi connectivity index (χ1) is 14.3. The number of hydrazone groups is 1. The fourth-order valence-corrected chi connectivity index (χ4v) is 5.65. The Morgan fingerprint density at radius 1 is 1.10 bits per heavy atom. The number of aryl methyl sites for hydroxylation is 1. The zero-order valence-corrected chi connectivity index (χ0v) is 18.2. The summed E-state index contributed by atoms with van der Waals surface area (Å²) >= 11 is 1.52. The zero-order chi connectivity index (χ0) is 21.3. The molecule has 0 saturated heterocycles. The number of nitrogens with one attached hydrogen (secondary N) is 1. The summed E-state index contributed by atoms with van der Waals surface area (Å²) in [6.45, 7) is 3.37. The van der Waals surface area contributed by atoms with Crippen molar-refractivity contribution in [1.82, 2.24) is 4.41 Å². The fraction of sp³-hybridized carbons (Fsp3) is 0.182. The minimum Gasteiger partial charge on any atom is -0.326 e. The second kappa shape index (κ2) is 8.04. The van der Waals surface area contributed by atoms with Crippen LogP contribution in [0.2, 0.25) is 0 Å². The Hall–Kier alpha value is -2.97. The predicted octanol–water partition coefficient (Wildman–Crippen LogP) is 4.55. The average Bonchev–Trinajstić information content (AvgIpc) is 3.38. The fourth-order valence-electron chi connectivity index (χ4n) is 3.35. The highest BCUT2D eigenvalue weighted by molar-refractivity contribution is 7.89. The van der Waals surface area contributed by atoms with E-state index in [2.05, 4.69) is 10.4 Å². The normalized spacial score (nSPS) is 16.4. The summed E-state index contributed by atoms with van der Waals surface area (Å²) in [4.78, 5) is 12.4. The van der Waals surface area contributed by atoms with Crippen LogP contribution in [0.1, 0.15) is 35.4 Å². The second-order valence-corrected chi connectivity index (χ2v) is 9.91. The van der Waals surface area contributed by atoms with Gasteiger partial charge in [0.05, 0.1) is 10.6 Å². The molecule has 0 radical (unpaired) electrons. The predicted molar refractivity (Wildman–Crippen MR) is 119 cm³/mol. The summed E-state index contributed by atoms with van der Waals surface area (Å²) in [5.74, 6) is -0.144. The number of amides is 1. The molecule has 2 aromatic carbocycles. The van der Waals surface area contributed by atoms with Gasteiger partial charge in [-0.05, 0) is 48.2 Å². The van der Waals surface area contributed by atoms with Crippen molar-refractivity contribution >= 4 is 38.7 Å². The number of rotatable bonds is 5. The van der Waals surface area contributed by atoms with E-state index in [0.29, 0.717) is 17.8 Å². The average molecular weight is 440 g/mol. The minimum absolute atomic E-state index is 0.144. The highest BCUT2D eigenvalue weighted by atomic mass is 32.2. The molecule has 4 rings (SSSR count). The van der Waals surface area contributed by atoms with Crippen LogP contribution in [0.25, 0.3) is 0 Å². The summed E-state index contributed by atoms with van der Waals surface area (Å²) in [5, 5.41) is 9.20.